The molecular formula is C7H4F6N2O4. The fourth-order valence-corrected chi connectivity index (χ4v) is 0.596. The number of carbonyl (C=O) groups excluding carboxylic acids is 2. The second-order valence-electron chi connectivity index (χ2n) is 2.83. The van der Waals surface area contributed by atoms with Crippen LogP contribution in [0.3, 0.4) is 0 Å². The average Bonchev–Trinajstić information content (AvgIpc) is 2.22. The number of nitrogens with zero attached hydrogens (tertiary/aromatic N) is 2. The van der Waals surface area contributed by atoms with Crippen molar-refractivity contribution in [3.63, 3.8) is 0 Å². The molecule has 19 heavy (non-hydrogen) atoms. The van der Waals surface area contributed by atoms with Crippen LogP contribution in [-0.4, -0.2) is 48.0 Å². The van der Waals surface area contributed by atoms with Crippen LogP contribution in [0.2, 0.25) is 0 Å². The largest absolute Gasteiger partial charge is 0.482 e. The van der Waals surface area contributed by atoms with Crippen LogP contribution in [0.1, 0.15) is 0 Å². The maximum Gasteiger partial charge on any atom is 0.482 e. The highest BCUT2D eigenvalue weighted by Gasteiger charge is 2.39. The molecule has 0 unspecified atom stereocenters. The molecule has 0 heterocycles. The van der Waals surface area contributed by atoms with E-state index in [2.05, 4.69) is 9.47 Å². The first-order valence-corrected chi connectivity index (χ1v) is 4.16. The lowest BCUT2D eigenvalue weighted by Gasteiger charge is -2.06. The van der Waals surface area contributed by atoms with Crippen LogP contribution in [0.4, 0.5) is 26.3 Å². The molecule has 0 fully saturated rings. The first kappa shape index (κ1) is 16.9. The Hall–Kier alpha value is -2.10. The van der Waals surface area contributed by atoms with Crippen molar-refractivity contribution in [1.29, 1.82) is 0 Å². The predicted octanol–water partition coefficient (Wildman–Crippen LogP) is 0.868. The lowest BCUT2D eigenvalue weighted by molar-refractivity contribution is -0.189. The summed E-state index contributed by atoms with van der Waals surface area (Å²) in [5.74, 6) is -4.15. The molecule has 0 saturated carbocycles. The highest BCUT2D eigenvalue weighted by atomic mass is 19.4. The Morgan fingerprint density at radius 2 is 1.21 bits per heavy atom. The molecule has 6 nitrogen and oxygen atoms in total. The molecule has 0 aromatic rings. The molecule has 108 valence electrons. The van der Waals surface area contributed by atoms with Gasteiger partial charge >= 0.3 is 30.0 Å². The van der Waals surface area contributed by atoms with Crippen LogP contribution in [0.5, 0.6) is 0 Å². The normalized spacial score (nSPS) is 11.5. The molecule has 0 aromatic carbocycles. The molecule has 12 heteroatoms. The minimum absolute atomic E-state index is 1.74. The molecule has 0 aliphatic carbocycles. The summed E-state index contributed by atoms with van der Waals surface area (Å²) in [7, 11) is 0. The molecule has 0 aromatic heterocycles. The van der Waals surface area contributed by atoms with Gasteiger partial charge < -0.3 is 15.0 Å². The monoisotopic (exact) mass is 294 g/mol. The summed E-state index contributed by atoms with van der Waals surface area (Å²) in [5, 5.41) is 0. The van der Waals surface area contributed by atoms with Gasteiger partial charge in [0.05, 0.1) is 0 Å². The van der Waals surface area contributed by atoms with E-state index in [1.165, 1.54) is 0 Å². The van der Waals surface area contributed by atoms with Crippen LogP contribution < -0.4 is 0 Å². The van der Waals surface area contributed by atoms with E-state index in [0.29, 0.717) is 0 Å². The molecule has 0 saturated heterocycles. The fraction of sp³-hybridized carbons (Fsp3) is 0.571. The smallest absolute Gasteiger partial charge is 0.447 e. The lowest BCUT2D eigenvalue weighted by Crippen LogP contribution is -2.34. The molecule has 0 atom stereocenters. The topological polar surface area (TPSA) is 89.0 Å². The second-order valence-corrected chi connectivity index (χ2v) is 2.83. The van der Waals surface area contributed by atoms with Gasteiger partial charge in [-0.1, -0.05) is 0 Å². The van der Waals surface area contributed by atoms with E-state index in [9.17, 15) is 35.9 Å². The Bertz CT molecular complexity index is 377. The van der Waals surface area contributed by atoms with Gasteiger partial charge in [0.2, 0.25) is 0 Å². The second kappa shape index (κ2) is 6.18. The summed E-state index contributed by atoms with van der Waals surface area (Å²) in [6, 6.07) is 0. The van der Waals surface area contributed by atoms with Gasteiger partial charge in [-0.3, -0.25) is 0 Å². The molecule has 0 rings (SSSR count). The van der Waals surface area contributed by atoms with E-state index in [0.717, 1.165) is 0 Å². The molecule has 0 N–H and O–H groups in total. The van der Waals surface area contributed by atoms with Crippen molar-refractivity contribution in [2.45, 2.75) is 12.4 Å². The molecule has 0 spiro atoms. The van der Waals surface area contributed by atoms with E-state index < -0.39 is 43.2 Å². The van der Waals surface area contributed by atoms with Crippen molar-refractivity contribution in [3.05, 3.63) is 5.53 Å². The predicted molar refractivity (Wildman–Crippen MR) is 42.7 cm³/mol. The SMILES string of the molecule is [N-]=[N+]=C(C(=O)OCC(F)(F)F)C(=O)OCC(F)(F)F. The van der Waals surface area contributed by atoms with Gasteiger partial charge in [0.15, 0.2) is 13.2 Å². The minimum atomic E-state index is -4.92. The zero-order chi connectivity index (χ0) is 15.3. The number of carbonyl (C=O) groups is 2. The fourth-order valence-electron chi connectivity index (χ4n) is 0.596. The number of hydrogen-bond acceptors (Lipinski definition) is 4. The van der Waals surface area contributed by atoms with Crippen LogP contribution >= 0.6 is 0 Å². The highest BCUT2D eigenvalue weighted by Crippen LogP contribution is 2.15. The average molecular weight is 294 g/mol. The van der Waals surface area contributed by atoms with E-state index in [1.807, 2.05) is 4.79 Å². The third-order valence-corrected chi connectivity index (χ3v) is 1.22. The third kappa shape index (κ3) is 7.76. The summed E-state index contributed by atoms with van der Waals surface area (Å²) < 4.78 is 76.8. The van der Waals surface area contributed by atoms with Gasteiger partial charge in [0, 0.05) is 0 Å². The van der Waals surface area contributed by atoms with Crippen molar-refractivity contribution >= 4 is 17.7 Å². The molecule has 0 bridgehead atoms. The van der Waals surface area contributed by atoms with E-state index in [4.69, 9.17) is 5.53 Å². The summed E-state index contributed by atoms with van der Waals surface area (Å²) in [4.78, 5) is 23.5. The maximum absolute atomic E-state index is 11.6. The standard InChI is InChI=1S/C7H4F6N2O4/c8-6(9,10)1-18-4(16)3(15-14)5(17)19-2-7(11,12)13/h1-2H2. The van der Waals surface area contributed by atoms with Crippen molar-refractivity contribution in [3.8, 4) is 0 Å². The number of ether oxygens (including phenoxy) is 2. The van der Waals surface area contributed by atoms with Crippen molar-refractivity contribution in [2.24, 2.45) is 0 Å². The Labute approximate surface area is 100 Å². The Morgan fingerprint density at radius 1 is 0.895 bits per heavy atom. The van der Waals surface area contributed by atoms with Crippen LogP contribution in [-0.2, 0) is 19.1 Å². The number of halogens is 6. The molecule has 0 aliphatic rings. The van der Waals surface area contributed by atoms with Crippen LogP contribution in [0.25, 0.3) is 5.53 Å². The Balaban J connectivity index is 4.55. The summed E-state index contributed by atoms with van der Waals surface area (Å²) in [6.45, 7) is -4.23. The summed E-state index contributed by atoms with van der Waals surface area (Å²) >= 11 is 0. The number of hydrogen-bond donors (Lipinski definition) is 0. The molecule has 0 amide bonds. The number of esters is 2. The van der Waals surface area contributed by atoms with Gasteiger partial charge in [-0.2, -0.15) is 31.1 Å². The number of rotatable bonds is 4. The van der Waals surface area contributed by atoms with Gasteiger partial charge in [0.25, 0.3) is 0 Å². The maximum atomic E-state index is 11.6. The van der Waals surface area contributed by atoms with Crippen LogP contribution in [0.15, 0.2) is 0 Å². The van der Waals surface area contributed by atoms with Gasteiger partial charge in [-0.05, 0) is 0 Å². The van der Waals surface area contributed by atoms with E-state index in [-0.39, 0.29) is 0 Å². The molecule has 0 radical (unpaired) electrons. The Kier molecular flexibility index (Phi) is 5.50. The first-order chi connectivity index (χ1) is 8.46. The lowest BCUT2D eigenvalue weighted by atomic mass is 10.4. The van der Waals surface area contributed by atoms with E-state index in [1.54, 1.807) is 0 Å². The minimum Gasteiger partial charge on any atom is -0.447 e. The van der Waals surface area contributed by atoms with E-state index >= 15 is 0 Å². The van der Waals surface area contributed by atoms with Gasteiger partial charge in [0.1, 0.15) is 0 Å². The first-order valence-electron chi connectivity index (χ1n) is 4.16. The molecule has 0 aliphatic heterocycles. The van der Waals surface area contributed by atoms with Crippen molar-refractivity contribution in [1.82, 2.24) is 0 Å². The third-order valence-electron chi connectivity index (χ3n) is 1.22. The molecular weight excluding hydrogens is 290 g/mol. The zero-order valence-electron chi connectivity index (χ0n) is 8.71. The van der Waals surface area contributed by atoms with Crippen molar-refractivity contribution in [2.75, 3.05) is 13.2 Å². The zero-order valence-corrected chi connectivity index (χ0v) is 8.71. The van der Waals surface area contributed by atoms with Crippen LogP contribution in [0, 0.1) is 0 Å². The quantitative estimate of drug-likeness (QED) is 0.192. The highest BCUT2D eigenvalue weighted by molar-refractivity contribution is 6.60. The van der Waals surface area contributed by atoms with Crippen molar-refractivity contribution < 1.29 is 50.2 Å². The summed E-state index contributed by atoms with van der Waals surface area (Å²) in [6.07, 6.45) is -9.85. The summed E-state index contributed by atoms with van der Waals surface area (Å²) in [5.41, 5.74) is 6.41. The van der Waals surface area contributed by atoms with Gasteiger partial charge in [-0.15, -0.1) is 0 Å². The Morgan fingerprint density at radius 3 is 1.42 bits per heavy atom. The number of alkyl halides is 6. The van der Waals surface area contributed by atoms with Gasteiger partial charge in [-0.25, -0.2) is 9.59 Å².